The van der Waals surface area contributed by atoms with Crippen LogP contribution in [0.1, 0.15) is 16.7 Å². The Labute approximate surface area is 214 Å². The number of rotatable bonds is 5. The highest BCUT2D eigenvalue weighted by molar-refractivity contribution is 6.42. The van der Waals surface area contributed by atoms with Crippen molar-refractivity contribution >= 4 is 71.2 Å². The molecule has 0 aliphatic carbocycles. The molecule has 0 bridgehead atoms. The Hall–Kier alpha value is -2.57. The summed E-state index contributed by atoms with van der Waals surface area (Å²) in [7, 11) is 0. The molecule has 0 aromatic heterocycles. The van der Waals surface area contributed by atoms with E-state index in [1.54, 1.807) is 30.3 Å². The van der Waals surface area contributed by atoms with Crippen LogP contribution in [-0.4, -0.2) is 23.7 Å². The summed E-state index contributed by atoms with van der Waals surface area (Å²) in [4.78, 5) is 17.6. The molecule has 4 rings (SSSR count). The van der Waals surface area contributed by atoms with Crippen molar-refractivity contribution in [3.63, 3.8) is 0 Å². The molecule has 0 fully saturated rings. The fourth-order valence-corrected chi connectivity index (χ4v) is 3.81. The number of para-hydroxylation sites is 1. The first-order valence-electron chi connectivity index (χ1n) is 9.76. The van der Waals surface area contributed by atoms with Crippen LogP contribution in [0, 0.1) is 10.1 Å². The highest BCUT2D eigenvalue weighted by Crippen LogP contribution is 2.27. The van der Waals surface area contributed by atoms with Crippen LogP contribution in [0.4, 0.5) is 11.4 Å². The maximum atomic E-state index is 10.9. The molecule has 172 valence electrons. The van der Waals surface area contributed by atoms with Crippen LogP contribution < -0.4 is 4.90 Å². The molecule has 0 radical (unpaired) electrons. The Bertz CT molecular complexity index is 1180. The van der Waals surface area contributed by atoms with Crippen LogP contribution in [0.15, 0.2) is 77.8 Å². The minimum Gasteiger partial charge on any atom is -0.365 e. The van der Waals surface area contributed by atoms with E-state index in [9.17, 15) is 10.1 Å². The Morgan fingerprint density at radius 3 is 2.39 bits per heavy atom. The van der Waals surface area contributed by atoms with Crippen molar-refractivity contribution in [3.8, 4) is 0 Å². The molecule has 33 heavy (non-hydrogen) atoms. The number of benzene rings is 3. The van der Waals surface area contributed by atoms with E-state index in [1.165, 1.54) is 0 Å². The SMILES string of the molecule is Cl.Cl.O=[N+]([O-])c1ccc(CN2CCN=C(/C=C/c3ccc(Cl)c(Cl)c3)c3ccccc32)cc1. The van der Waals surface area contributed by atoms with Gasteiger partial charge in [0.15, 0.2) is 0 Å². The van der Waals surface area contributed by atoms with Gasteiger partial charge in [0.25, 0.3) is 5.69 Å². The van der Waals surface area contributed by atoms with Crippen molar-refractivity contribution in [3.05, 3.63) is 110 Å². The predicted octanol–water partition coefficient (Wildman–Crippen LogP) is 7.27. The van der Waals surface area contributed by atoms with Gasteiger partial charge in [0, 0.05) is 36.5 Å². The summed E-state index contributed by atoms with van der Waals surface area (Å²) in [6, 6.07) is 20.3. The van der Waals surface area contributed by atoms with Crippen molar-refractivity contribution in [2.75, 3.05) is 18.0 Å². The second-order valence-electron chi connectivity index (χ2n) is 7.14. The lowest BCUT2D eigenvalue weighted by molar-refractivity contribution is -0.384. The van der Waals surface area contributed by atoms with Crippen LogP contribution in [0.3, 0.4) is 0 Å². The molecular formula is C24H21Cl4N3O2. The molecule has 0 unspecified atom stereocenters. The zero-order valence-corrected chi connectivity index (χ0v) is 20.5. The average molecular weight is 525 g/mol. The molecule has 0 atom stereocenters. The Morgan fingerprint density at radius 2 is 1.70 bits per heavy atom. The maximum absolute atomic E-state index is 10.9. The summed E-state index contributed by atoms with van der Waals surface area (Å²) in [5.74, 6) is 0. The van der Waals surface area contributed by atoms with E-state index >= 15 is 0 Å². The van der Waals surface area contributed by atoms with E-state index in [0.29, 0.717) is 23.1 Å². The van der Waals surface area contributed by atoms with E-state index in [2.05, 4.69) is 17.0 Å². The van der Waals surface area contributed by atoms with E-state index in [4.69, 9.17) is 28.2 Å². The van der Waals surface area contributed by atoms with Gasteiger partial charge in [-0.15, -0.1) is 24.8 Å². The molecule has 0 spiro atoms. The summed E-state index contributed by atoms with van der Waals surface area (Å²) in [6.45, 7) is 2.04. The van der Waals surface area contributed by atoms with Crippen molar-refractivity contribution in [1.29, 1.82) is 0 Å². The fraction of sp³-hybridized carbons (Fsp3) is 0.125. The van der Waals surface area contributed by atoms with Gasteiger partial charge in [-0.3, -0.25) is 15.1 Å². The third kappa shape index (κ3) is 6.49. The second kappa shape index (κ2) is 12.1. The number of anilines is 1. The van der Waals surface area contributed by atoms with Gasteiger partial charge < -0.3 is 4.90 Å². The van der Waals surface area contributed by atoms with E-state index in [-0.39, 0.29) is 35.4 Å². The number of nitrogens with zero attached hydrogens (tertiary/aromatic N) is 3. The first kappa shape index (κ1) is 26.7. The molecule has 0 amide bonds. The van der Waals surface area contributed by atoms with E-state index in [1.807, 2.05) is 36.4 Å². The highest BCUT2D eigenvalue weighted by atomic mass is 35.5. The van der Waals surface area contributed by atoms with Crippen molar-refractivity contribution in [1.82, 2.24) is 0 Å². The van der Waals surface area contributed by atoms with Crippen LogP contribution in [0.2, 0.25) is 10.0 Å². The van der Waals surface area contributed by atoms with Gasteiger partial charge in [-0.25, -0.2) is 0 Å². The predicted molar refractivity (Wildman–Crippen MR) is 142 cm³/mol. The lowest BCUT2D eigenvalue weighted by Gasteiger charge is -2.24. The molecule has 3 aromatic rings. The number of hydrogen-bond donors (Lipinski definition) is 0. The molecule has 0 N–H and O–H groups in total. The number of non-ortho nitro benzene ring substituents is 1. The van der Waals surface area contributed by atoms with Crippen LogP contribution in [0.25, 0.3) is 6.08 Å². The lowest BCUT2D eigenvalue weighted by atomic mass is 10.0. The monoisotopic (exact) mass is 523 g/mol. The molecular weight excluding hydrogens is 504 g/mol. The van der Waals surface area contributed by atoms with Crippen molar-refractivity contribution < 1.29 is 4.92 Å². The van der Waals surface area contributed by atoms with Gasteiger partial charge in [0.05, 0.1) is 27.2 Å². The number of aliphatic imine (C=N–C) groups is 1. The van der Waals surface area contributed by atoms with E-state index in [0.717, 1.165) is 34.6 Å². The molecule has 0 saturated carbocycles. The summed E-state index contributed by atoms with van der Waals surface area (Å²) in [5.41, 5.74) is 5.07. The quantitative estimate of drug-likeness (QED) is 0.260. The van der Waals surface area contributed by atoms with Crippen LogP contribution in [-0.2, 0) is 6.54 Å². The Kier molecular flexibility index (Phi) is 9.74. The van der Waals surface area contributed by atoms with Crippen molar-refractivity contribution in [2.24, 2.45) is 4.99 Å². The molecule has 0 saturated heterocycles. The number of fused-ring (bicyclic) bond motifs is 1. The topological polar surface area (TPSA) is 58.7 Å². The molecule has 1 heterocycles. The Morgan fingerprint density at radius 1 is 0.970 bits per heavy atom. The number of halogens is 4. The first-order valence-corrected chi connectivity index (χ1v) is 10.5. The van der Waals surface area contributed by atoms with Crippen LogP contribution in [0.5, 0.6) is 0 Å². The minimum absolute atomic E-state index is 0. The molecule has 5 nitrogen and oxygen atoms in total. The average Bonchev–Trinajstić information content (AvgIpc) is 2.94. The number of nitro groups is 1. The normalized spacial score (nSPS) is 12.8. The number of allylic oxidation sites excluding steroid dienone is 1. The zero-order valence-electron chi connectivity index (χ0n) is 17.4. The largest absolute Gasteiger partial charge is 0.365 e. The smallest absolute Gasteiger partial charge is 0.269 e. The summed E-state index contributed by atoms with van der Waals surface area (Å²) >= 11 is 12.1. The summed E-state index contributed by atoms with van der Waals surface area (Å²) in [6.07, 6.45) is 3.97. The molecule has 9 heteroatoms. The second-order valence-corrected chi connectivity index (χ2v) is 7.95. The van der Waals surface area contributed by atoms with Gasteiger partial charge in [-0.2, -0.15) is 0 Å². The molecule has 1 aliphatic heterocycles. The Balaban J connectivity index is 0.00000193. The highest BCUT2D eigenvalue weighted by Gasteiger charge is 2.17. The number of hydrogen-bond acceptors (Lipinski definition) is 4. The standard InChI is InChI=1S/C24H19Cl2N3O2.2ClH/c25-21-11-7-17(15-22(21)26)8-12-23-20-3-1-2-4-24(20)28(14-13-27-23)16-18-5-9-19(10-6-18)29(30)31;;/h1-12,15H,13-14,16H2;2*1H/b12-8+;;. The lowest BCUT2D eigenvalue weighted by Crippen LogP contribution is -2.25. The van der Waals surface area contributed by atoms with Gasteiger partial charge in [-0.1, -0.05) is 65.7 Å². The number of benzodiazepines with no additional fused rings is 1. The van der Waals surface area contributed by atoms with Crippen LogP contribution >= 0.6 is 48.0 Å². The minimum atomic E-state index is -0.384. The first-order chi connectivity index (χ1) is 15.0. The number of nitro benzene ring substituents is 1. The zero-order chi connectivity index (χ0) is 21.8. The van der Waals surface area contributed by atoms with Gasteiger partial charge in [0.1, 0.15) is 0 Å². The molecule has 1 aliphatic rings. The maximum Gasteiger partial charge on any atom is 0.269 e. The van der Waals surface area contributed by atoms with Crippen molar-refractivity contribution in [2.45, 2.75) is 6.54 Å². The third-order valence-corrected chi connectivity index (χ3v) is 5.81. The summed E-state index contributed by atoms with van der Waals surface area (Å²) in [5, 5.41) is 11.9. The summed E-state index contributed by atoms with van der Waals surface area (Å²) < 4.78 is 0. The van der Waals surface area contributed by atoms with Gasteiger partial charge in [-0.05, 0) is 35.4 Å². The third-order valence-electron chi connectivity index (χ3n) is 5.07. The van der Waals surface area contributed by atoms with Gasteiger partial charge in [0.2, 0.25) is 0 Å². The molecule has 3 aromatic carbocycles. The fourth-order valence-electron chi connectivity index (χ4n) is 3.50. The van der Waals surface area contributed by atoms with E-state index < -0.39 is 0 Å². The van der Waals surface area contributed by atoms with Gasteiger partial charge >= 0.3 is 0 Å².